The van der Waals surface area contributed by atoms with Crippen LogP contribution in [0.5, 0.6) is 0 Å². The smallest absolute Gasteiger partial charge is 0.156 e. The SMILES string of the molecule is CC(C)Nc1ncnc(N)c1NN. The van der Waals surface area contributed by atoms with Crippen LogP contribution in [0.2, 0.25) is 0 Å². The fourth-order valence-corrected chi connectivity index (χ4v) is 0.924. The lowest BCUT2D eigenvalue weighted by Gasteiger charge is -2.13. The molecule has 0 aromatic carbocycles. The molecule has 0 fully saturated rings. The van der Waals surface area contributed by atoms with E-state index in [1.807, 2.05) is 13.8 Å². The minimum Gasteiger partial charge on any atom is -0.382 e. The highest BCUT2D eigenvalue weighted by Crippen LogP contribution is 2.22. The molecule has 1 heterocycles. The molecule has 72 valence electrons. The summed E-state index contributed by atoms with van der Waals surface area (Å²) in [5.41, 5.74) is 8.55. The molecule has 0 spiro atoms. The van der Waals surface area contributed by atoms with Gasteiger partial charge in [0.05, 0.1) is 0 Å². The summed E-state index contributed by atoms with van der Waals surface area (Å²) in [4.78, 5) is 7.81. The number of aromatic nitrogens is 2. The highest BCUT2D eigenvalue weighted by atomic mass is 15.3. The number of nitrogens with zero attached hydrogens (tertiary/aromatic N) is 2. The number of hydrazine groups is 1. The van der Waals surface area contributed by atoms with Crippen molar-refractivity contribution in [2.24, 2.45) is 5.84 Å². The van der Waals surface area contributed by atoms with Crippen LogP contribution in [0.25, 0.3) is 0 Å². The van der Waals surface area contributed by atoms with E-state index in [1.165, 1.54) is 6.33 Å². The number of anilines is 3. The fraction of sp³-hybridized carbons (Fsp3) is 0.429. The summed E-state index contributed by atoms with van der Waals surface area (Å²) < 4.78 is 0. The lowest BCUT2D eigenvalue weighted by Crippen LogP contribution is -2.17. The normalized spacial score (nSPS) is 10.2. The van der Waals surface area contributed by atoms with Crippen molar-refractivity contribution in [3.63, 3.8) is 0 Å². The molecule has 0 bridgehead atoms. The first kappa shape index (κ1) is 9.53. The van der Waals surface area contributed by atoms with E-state index in [0.717, 1.165) is 0 Å². The predicted molar refractivity (Wildman–Crippen MR) is 53.0 cm³/mol. The molecule has 13 heavy (non-hydrogen) atoms. The van der Waals surface area contributed by atoms with Gasteiger partial charge in [-0.3, -0.25) is 5.84 Å². The van der Waals surface area contributed by atoms with Crippen LogP contribution < -0.4 is 22.3 Å². The molecule has 0 unspecified atom stereocenters. The third-order valence-electron chi connectivity index (χ3n) is 1.45. The molecule has 0 aliphatic rings. The van der Waals surface area contributed by atoms with Gasteiger partial charge in [-0.05, 0) is 13.8 Å². The summed E-state index contributed by atoms with van der Waals surface area (Å²) in [6.45, 7) is 4.00. The van der Waals surface area contributed by atoms with Crippen molar-refractivity contribution in [1.82, 2.24) is 9.97 Å². The van der Waals surface area contributed by atoms with Gasteiger partial charge in [0.15, 0.2) is 11.6 Å². The summed E-state index contributed by atoms with van der Waals surface area (Å²) >= 11 is 0. The standard InChI is InChI=1S/C7H14N6/c1-4(2)12-7-5(13-9)6(8)10-3-11-7/h3-4,13H,9H2,1-2H3,(H3,8,10,11,12). The second-order valence-electron chi connectivity index (χ2n) is 2.93. The van der Waals surface area contributed by atoms with Gasteiger partial charge in [0, 0.05) is 6.04 Å². The maximum Gasteiger partial charge on any atom is 0.156 e. The van der Waals surface area contributed by atoms with Gasteiger partial charge in [0.25, 0.3) is 0 Å². The number of hydrogen-bond acceptors (Lipinski definition) is 6. The second-order valence-corrected chi connectivity index (χ2v) is 2.93. The Balaban J connectivity index is 2.98. The third-order valence-corrected chi connectivity index (χ3v) is 1.45. The highest BCUT2D eigenvalue weighted by Gasteiger charge is 2.07. The lowest BCUT2D eigenvalue weighted by molar-refractivity contribution is 0.887. The van der Waals surface area contributed by atoms with Gasteiger partial charge < -0.3 is 16.5 Å². The van der Waals surface area contributed by atoms with Crippen molar-refractivity contribution < 1.29 is 0 Å². The van der Waals surface area contributed by atoms with E-state index in [1.54, 1.807) is 0 Å². The molecule has 0 saturated heterocycles. The van der Waals surface area contributed by atoms with Crippen LogP contribution >= 0.6 is 0 Å². The summed E-state index contributed by atoms with van der Waals surface area (Å²) in [6.07, 6.45) is 1.39. The largest absolute Gasteiger partial charge is 0.382 e. The van der Waals surface area contributed by atoms with Gasteiger partial charge >= 0.3 is 0 Å². The number of rotatable bonds is 3. The molecule has 0 saturated carbocycles. The molecule has 1 aromatic rings. The van der Waals surface area contributed by atoms with Crippen molar-refractivity contribution in [2.45, 2.75) is 19.9 Å². The Morgan fingerprint density at radius 2 is 2.08 bits per heavy atom. The lowest BCUT2D eigenvalue weighted by atomic mass is 10.3. The molecular formula is C7H14N6. The van der Waals surface area contributed by atoms with Crippen molar-refractivity contribution in [1.29, 1.82) is 0 Å². The van der Waals surface area contributed by atoms with Gasteiger partial charge in [-0.15, -0.1) is 0 Å². The Morgan fingerprint density at radius 3 is 2.62 bits per heavy atom. The Morgan fingerprint density at radius 1 is 1.38 bits per heavy atom. The van der Waals surface area contributed by atoms with Crippen LogP contribution in [-0.2, 0) is 0 Å². The topological polar surface area (TPSA) is 102 Å². The summed E-state index contributed by atoms with van der Waals surface area (Å²) in [7, 11) is 0. The highest BCUT2D eigenvalue weighted by molar-refractivity contribution is 5.74. The van der Waals surface area contributed by atoms with Crippen LogP contribution in [0.1, 0.15) is 13.8 Å². The van der Waals surface area contributed by atoms with Gasteiger partial charge in [-0.1, -0.05) is 0 Å². The summed E-state index contributed by atoms with van der Waals surface area (Å²) in [5.74, 6) is 6.23. The minimum atomic E-state index is 0.265. The van der Waals surface area contributed by atoms with Gasteiger partial charge in [-0.25, -0.2) is 9.97 Å². The first-order chi connectivity index (χ1) is 6.15. The predicted octanol–water partition coefficient (Wildman–Crippen LogP) is 0.165. The number of nitrogens with one attached hydrogen (secondary N) is 2. The summed E-state index contributed by atoms with van der Waals surface area (Å²) in [5, 5.41) is 3.09. The molecular weight excluding hydrogens is 168 g/mol. The van der Waals surface area contributed by atoms with E-state index in [9.17, 15) is 0 Å². The first-order valence-corrected chi connectivity index (χ1v) is 3.98. The Hall–Kier alpha value is -1.56. The minimum absolute atomic E-state index is 0.265. The molecule has 6 heteroatoms. The fourth-order valence-electron chi connectivity index (χ4n) is 0.924. The maximum atomic E-state index is 5.57. The van der Waals surface area contributed by atoms with E-state index >= 15 is 0 Å². The molecule has 1 aromatic heterocycles. The third kappa shape index (κ3) is 2.19. The number of nitrogen functional groups attached to an aromatic ring is 2. The molecule has 0 aliphatic heterocycles. The van der Waals surface area contributed by atoms with Crippen LogP contribution in [0.4, 0.5) is 17.3 Å². The summed E-state index contributed by atoms with van der Waals surface area (Å²) in [6, 6.07) is 0.265. The van der Waals surface area contributed by atoms with Gasteiger partial charge in [0.2, 0.25) is 0 Å². The zero-order chi connectivity index (χ0) is 9.84. The van der Waals surface area contributed by atoms with Gasteiger partial charge in [0.1, 0.15) is 12.0 Å². The number of hydrogen-bond donors (Lipinski definition) is 4. The molecule has 6 nitrogen and oxygen atoms in total. The Bertz CT molecular complexity index is 284. The average Bonchev–Trinajstić information content (AvgIpc) is 2.03. The van der Waals surface area contributed by atoms with Crippen molar-refractivity contribution >= 4 is 17.3 Å². The molecule has 0 amide bonds. The average molecular weight is 182 g/mol. The van der Waals surface area contributed by atoms with Crippen molar-refractivity contribution in [2.75, 3.05) is 16.5 Å². The monoisotopic (exact) mass is 182 g/mol. The zero-order valence-corrected chi connectivity index (χ0v) is 7.70. The van der Waals surface area contributed by atoms with E-state index in [2.05, 4.69) is 20.7 Å². The molecule has 6 N–H and O–H groups in total. The van der Waals surface area contributed by atoms with Crippen LogP contribution in [-0.4, -0.2) is 16.0 Å². The van der Waals surface area contributed by atoms with Crippen LogP contribution in [0.3, 0.4) is 0 Å². The van der Waals surface area contributed by atoms with Gasteiger partial charge in [-0.2, -0.15) is 0 Å². The van der Waals surface area contributed by atoms with E-state index in [-0.39, 0.29) is 6.04 Å². The zero-order valence-electron chi connectivity index (χ0n) is 7.70. The van der Waals surface area contributed by atoms with Crippen LogP contribution in [0, 0.1) is 0 Å². The molecule has 0 radical (unpaired) electrons. The van der Waals surface area contributed by atoms with E-state index in [0.29, 0.717) is 17.3 Å². The number of nitrogens with two attached hydrogens (primary N) is 2. The second kappa shape index (κ2) is 3.90. The molecule has 0 aliphatic carbocycles. The first-order valence-electron chi connectivity index (χ1n) is 3.98. The molecule has 1 rings (SSSR count). The van der Waals surface area contributed by atoms with Crippen LogP contribution in [0.15, 0.2) is 6.33 Å². The van der Waals surface area contributed by atoms with E-state index in [4.69, 9.17) is 11.6 Å². The quantitative estimate of drug-likeness (QED) is 0.392. The Kier molecular flexibility index (Phi) is 2.86. The van der Waals surface area contributed by atoms with Crippen molar-refractivity contribution in [3.8, 4) is 0 Å². The molecule has 0 atom stereocenters. The van der Waals surface area contributed by atoms with E-state index < -0.39 is 0 Å². The van der Waals surface area contributed by atoms with Crippen molar-refractivity contribution in [3.05, 3.63) is 6.33 Å². The Labute approximate surface area is 76.7 Å². The maximum absolute atomic E-state index is 5.57.